The molecule has 19 heavy (non-hydrogen) atoms. The summed E-state index contributed by atoms with van der Waals surface area (Å²) >= 11 is 0. The van der Waals surface area contributed by atoms with Gasteiger partial charge in [-0.25, -0.2) is 0 Å². The minimum Gasteiger partial charge on any atom is -0.397 e. The molecule has 0 aromatic heterocycles. The van der Waals surface area contributed by atoms with Gasteiger partial charge < -0.3 is 22.1 Å². The fourth-order valence-corrected chi connectivity index (χ4v) is 2.15. The molecule has 1 unspecified atom stereocenters. The number of carbonyl (C=O) groups is 2. The van der Waals surface area contributed by atoms with Gasteiger partial charge in [-0.05, 0) is 23.6 Å². The Morgan fingerprint density at radius 1 is 1.42 bits per heavy atom. The van der Waals surface area contributed by atoms with Crippen molar-refractivity contribution in [1.82, 2.24) is 0 Å². The van der Waals surface area contributed by atoms with Crippen molar-refractivity contribution >= 4 is 28.9 Å². The highest BCUT2D eigenvalue weighted by Crippen LogP contribution is 2.32. The number of anilines is 3. The van der Waals surface area contributed by atoms with Gasteiger partial charge in [0.1, 0.15) is 6.04 Å². The largest absolute Gasteiger partial charge is 0.397 e. The third-order valence-corrected chi connectivity index (χ3v) is 3.18. The van der Waals surface area contributed by atoms with Crippen LogP contribution in [-0.2, 0) is 16.0 Å². The van der Waals surface area contributed by atoms with E-state index in [2.05, 4.69) is 10.6 Å². The van der Waals surface area contributed by atoms with Crippen LogP contribution in [0.1, 0.15) is 19.4 Å². The van der Waals surface area contributed by atoms with Crippen molar-refractivity contribution in [1.29, 1.82) is 0 Å². The highest BCUT2D eigenvalue weighted by atomic mass is 16.2. The molecule has 6 heteroatoms. The maximum atomic E-state index is 11.4. The SMILES string of the molecule is CC(C)C(Nc1cc2c(cc1N)CC(=O)N2)C(N)=O. The summed E-state index contributed by atoms with van der Waals surface area (Å²) in [6.45, 7) is 3.79. The first-order valence-electron chi connectivity index (χ1n) is 6.16. The van der Waals surface area contributed by atoms with Gasteiger partial charge >= 0.3 is 0 Å². The second-order valence-electron chi connectivity index (χ2n) is 5.09. The van der Waals surface area contributed by atoms with Gasteiger partial charge in [0.15, 0.2) is 0 Å². The molecular formula is C13H18N4O2. The molecule has 0 saturated carbocycles. The van der Waals surface area contributed by atoms with Gasteiger partial charge in [0, 0.05) is 5.69 Å². The Morgan fingerprint density at radius 2 is 2.11 bits per heavy atom. The van der Waals surface area contributed by atoms with E-state index in [4.69, 9.17) is 11.5 Å². The molecule has 0 spiro atoms. The van der Waals surface area contributed by atoms with Crippen molar-refractivity contribution in [3.8, 4) is 0 Å². The highest BCUT2D eigenvalue weighted by Gasteiger charge is 2.23. The lowest BCUT2D eigenvalue weighted by molar-refractivity contribution is -0.119. The molecule has 6 N–H and O–H groups in total. The summed E-state index contributed by atoms with van der Waals surface area (Å²) in [4.78, 5) is 22.7. The third kappa shape index (κ3) is 2.62. The summed E-state index contributed by atoms with van der Waals surface area (Å²) in [6.07, 6.45) is 0.337. The molecule has 1 aliphatic heterocycles. The normalized spacial score (nSPS) is 15.0. The van der Waals surface area contributed by atoms with E-state index in [1.807, 2.05) is 13.8 Å². The number of nitrogen functional groups attached to an aromatic ring is 1. The third-order valence-electron chi connectivity index (χ3n) is 3.18. The Morgan fingerprint density at radius 3 is 2.68 bits per heavy atom. The van der Waals surface area contributed by atoms with Gasteiger partial charge in [0.2, 0.25) is 11.8 Å². The van der Waals surface area contributed by atoms with Gasteiger partial charge in [0.05, 0.1) is 17.8 Å². The fourth-order valence-electron chi connectivity index (χ4n) is 2.15. The van der Waals surface area contributed by atoms with Crippen LogP contribution in [0.5, 0.6) is 0 Å². The van der Waals surface area contributed by atoms with Crippen LogP contribution in [0, 0.1) is 5.92 Å². The van der Waals surface area contributed by atoms with Crippen molar-refractivity contribution < 1.29 is 9.59 Å². The minimum absolute atomic E-state index is 0.0414. The summed E-state index contributed by atoms with van der Waals surface area (Å²) in [6, 6.07) is 2.99. The molecule has 2 amide bonds. The molecule has 1 atom stereocenters. The Labute approximate surface area is 111 Å². The molecule has 1 heterocycles. The zero-order valence-electron chi connectivity index (χ0n) is 11.0. The van der Waals surface area contributed by atoms with Crippen LogP contribution in [0.4, 0.5) is 17.1 Å². The fraction of sp³-hybridized carbons (Fsp3) is 0.385. The Kier molecular flexibility index (Phi) is 3.33. The number of nitrogens with one attached hydrogen (secondary N) is 2. The zero-order valence-corrected chi connectivity index (χ0v) is 11.0. The van der Waals surface area contributed by atoms with Crippen LogP contribution in [0.15, 0.2) is 12.1 Å². The van der Waals surface area contributed by atoms with E-state index in [-0.39, 0.29) is 11.8 Å². The van der Waals surface area contributed by atoms with Crippen molar-refractivity contribution in [2.75, 3.05) is 16.4 Å². The van der Waals surface area contributed by atoms with Crippen LogP contribution < -0.4 is 22.1 Å². The molecule has 102 valence electrons. The predicted octanol–water partition coefficient (Wildman–Crippen LogP) is 0.685. The monoisotopic (exact) mass is 262 g/mol. The smallest absolute Gasteiger partial charge is 0.240 e. The Balaban J connectivity index is 2.29. The van der Waals surface area contributed by atoms with Gasteiger partial charge in [-0.15, -0.1) is 0 Å². The minimum atomic E-state index is -0.502. The van der Waals surface area contributed by atoms with Gasteiger partial charge in [-0.1, -0.05) is 13.8 Å². The van der Waals surface area contributed by atoms with Crippen molar-refractivity contribution in [3.05, 3.63) is 17.7 Å². The molecule has 2 rings (SSSR count). The Bertz CT molecular complexity index is 540. The summed E-state index contributed by atoms with van der Waals surface area (Å²) in [5.41, 5.74) is 14.0. The summed E-state index contributed by atoms with van der Waals surface area (Å²) in [7, 11) is 0. The van der Waals surface area contributed by atoms with Gasteiger partial charge in [-0.3, -0.25) is 9.59 Å². The maximum Gasteiger partial charge on any atom is 0.240 e. The van der Waals surface area contributed by atoms with Crippen molar-refractivity contribution in [2.45, 2.75) is 26.3 Å². The summed E-state index contributed by atoms with van der Waals surface area (Å²) in [5.74, 6) is -0.444. The second kappa shape index (κ2) is 4.79. The molecule has 0 aliphatic carbocycles. The van der Waals surface area contributed by atoms with Crippen LogP contribution in [0.2, 0.25) is 0 Å². The van der Waals surface area contributed by atoms with E-state index in [0.29, 0.717) is 17.8 Å². The van der Waals surface area contributed by atoms with E-state index >= 15 is 0 Å². The molecule has 0 fully saturated rings. The standard InChI is InChI=1S/C13H18N4O2/c1-6(2)12(13(15)19)17-10-5-9-7(3-8(10)14)4-11(18)16-9/h3,5-6,12,17H,4,14H2,1-2H3,(H2,15,19)(H,16,18). The number of hydrogen-bond acceptors (Lipinski definition) is 4. The topological polar surface area (TPSA) is 110 Å². The van der Waals surface area contributed by atoms with E-state index in [1.165, 1.54) is 0 Å². The van der Waals surface area contributed by atoms with E-state index < -0.39 is 11.9 Å². The van der Waals surface area contributed by atoms with Crippen molar-refractivity contribution in [2.24, 2.45) is 11.7 Å². The maximum absolute atomic E-state index is 11.4. The number of amides is 2. The number of nitrogens with two attached hydrogens (primary N) is 2. The summed E-state index contributed by atoms with van der Waals surface area (Å²) in [5, 5.41) is 5.79. The van der Waals surface area contributed by atoms with E-state index in [0.717, 1.165) is 11.3 Å². The zero-order chi connectivity index (χ0) is 14.2. The van der Waals surface area contributed by atoms with Gasteiger partial charge in [-0.2, -0.15) is 0 Å². The first kappa shape index (κ1) is 13.2. The van der Waals surface area contributed by atoms with Crippen LogP contribution in [0.3, 0.4) is 0 Å². The van der Waals surface area contributed by atoms with E-state index in [9.17, 15) is 9.59 Å². The lowest BCUT2D eigenvalue weighted by Gasteiger charge is -2.21. The number of rotatable bonds is 4. The molecule has 6 nitrogen and oxygen atoms in total. The molecule has 1 aromatic carbocycles. The average Bonchev–Trinajstić information content (AvgIpc) is 2.63. The predicted molar refractivity (Wildman–Crippen MR) is 74.6 cm³/mol. The number of primary amides is 1. The molecule has 0 saturated heterocycles. The van der Waals surface area contributed by atoms with Crippen LogP contribution >= 0.6 is 0 Å². The van der Waals surface area contributed by atoms with E-state index in [1.54, 1.807) is 12.1 Å². The molecule has 1 aliphatic rings. The quantitative estimate of drug-likeness (QED) is 0.598. The first-order valence-corrected chi connectivity index (χ1v) is 6.16. The first-order chi connectivity index (χ1) is 8.88. The van der Waals surface area contributed by atoms with Crippen LogP contribution in [0.25, 0.3) is 0 Å². The lowest BCUT2D eigenvalue weighted by atomic mass is 10.0. The molecule has 1 aromatic rings. The number of hydrogen-bond donors (Lipinski definition) is 4. The molecule has 0 radical (unpaired) electrons. The number of benzene rings is 1. The van der Waals surface area contributed by atoms with Crippen molar-refractivity contribution in [3.63, 3.8) is 0 Å². The highest BCUT2D eigenvalue weighted by molar-refractivity contribution is 6.01. The number of carbonyl (C=O) groups excluding carboxylic acids is 2. The second-order valence-corrected chi connectivity index (χ2v) is 5.09. The Hall–Kier alpha value is -2.24. The molecular weight excluding hydrogens is 244 g/mol. The lowest BCUT2D eigenvalue weighted by Crippen LogP contribution is -2.39. The van der Waals surface area contributed by atoms with Gasteiger partial charge in [0.25, 0.3) is 0 Å². The average molecular weight is 262 g/mol. The molecule has 0 bridgehead atoms. The summed E-state index contributed by atoms with van der Waals surface area (Å²) < 4.78 is 0. The number of fused-ring (bicyclic) bond motifs is 1. The van der Waals surface area contributed by atoms with Crippen LogP contribution in [-0.4, -0.2) is 17.9 Å².